The number of esters is 1. The highest BCUT2D eigenvalue weighted by Crippen LogP contribution is 2.33. The van der Waals surface area contributed by atoms with E-state index in [2.05, 4.69) is 25.7 Å². The molecule has 0 spiro atoms. The Morgan fingerprint density at radius 1 is 1.06 bits per heavy atom. The molecule has 0 saturated heterocycles. The molecule has 3 aromatic heterocycles. The predicted octanol–water partition coefficient (Wildman–Crippen LogP) is 2.97. The second-order valence-corrected chi connectivity index (χ2v) is 9.28. The Morgan fingerprint density at radius 2 is 1.81 bits per heavy atom. The maximum atomic E-state index is 13.5. The summed E-state index contributed by atoms with van der Waals surface area (Å²) >= 11 is 0.998. The van der Waals surface area contributed by atoms with E-state index in [-0.39, 0.29) is 9.77 Å². The smallest absolute Gasteiger partial charge is 0.349 e. The standard InChI is InChI=1S/C20H14N6O4S2/c1-30-20(27)18-16(10-11-31-18)32(28,29)26-15-5-3-2-4-14(15)17(23-26)12-6-8-13(9-7-12)19-21-24-25-22-19/h2-11H,1H3,(H,21,22,24,25). The molecule has 0 amide bonds. The number of aromatic amines is 1. The van der Waals surface area contributed by atoms with Crippen molar-refractivity contribution >= 4 is 38.2 Å². The summed E-state index contributed by atoms with van der Waals surface area (Å²) in [7, 11) is -2.95. The van der Waals surface area contributed by atoms with Crippen LogP contribution in [0.2, 0.25) is 0 Å². The highest BCUT2D eigenvalue weighted by Gasteiger charge is 2.29. The number of methoxy groups -OCH3 is 1. The third kappa shape index (κ3) is 3.16. The fourth-order valence-electron chi connectivity index (χ4n) is 3.33. The Bertz CT molecular complexity index is 1540. The van der Waals surface area contributed by atoms with Crippen LogP contribution in [0.3, 0.4) is 0 Å². The lowest BCUT2D eigenvalue weighted by atomic mass is 10.1. The summed E-state index contributed by atoms with van der Waals surface area (Å²) in [5.41, 5.74) is 2.34. The number of fused-ring (bicyclic) bond motifs is 1. The van der Waals surface area contributed by atoms with Gasteiger partial charge in [-0.25, -0.2) is 4.79 Å². The van der Waals surface area contributed by atoms with Crippen LogP contribution in [0.4, 0.5) is 0 Å². The van der Waals surface area contributed by atoms with Crippen LogP contribution in [-0.2, 0) is 14.8 Å². The summed E-state index contributed by atoms with van der Waals surface area (Å²) in [5, 5.41) is 20.5. The maximum absolute atomic E-state index is 13.5. The second kappa shape index (κ2) is 7.66. The fraction of sp³-hybridized carbons (Fsp3) is 0.0500. The van der Waals surface area contributed by atoms with Crippen LogP contribution in [0.1, 0.15) is 9.67 Å². The molecule has 10 nitrogen and oxygen atoms in total. The van der Waals surface area contributed by atoms with Gasteiger partial charge >= 0.3 is 5.97 Å². The highest BCUT2D eigenvalue weighted by molar-refractivity contribution is 7.90. The van der Waals surface area contributed by atoms with Gasteiger partial charge in [0.15, 0.2) is 0 Å². The van der Waals surface area contributed by atoms with Gasteiger partial charge in [-0.05, 0) is 22.7 Å². The summed E-state index contributed by atoms with van der Waals surface area (Å²) in [6.45, 7) is 0. The normalized spacial score (nSPS) is 11.7. The number of nitrogens with zero attached hydrogens (tertiary/aromatic N) is 5. The van der Waals surface area contributed by atoms with E-state index in [1.54, 1.807) is 30.3 Å². The molecule has 12 heteroatoms. The van der Waals surface area contributed by atoms with Crippen molar-refractivity contribution < 1.29 is 17.9 Å². The number of aromatic nitrogens is 6. The van der Waals surface area contributed by atoms with Crippen LogP contribution in [-0.4, -0.2) is 51.3 Å². The number of nitrogens with one attached hydrogen (secondary N) is 1. The molecule has 5 aromatic rings. The number of hydrogen-bond acceptors (Lipinski definition) is 9. The molecule has 0 fully saturated rings. The fourth-order valence-corrected chi connectivity index (χ4v) is 5.93. The van der Waals surface area contributed by atoms with Crippen LogP contribution in [0.15, 0.2) is 64.9 Å². The van der Waals surface area contributed by atoms with Crippen molar-refractivity contribution in [1.82, 2.24) is 29.8 Å². The Morgan fingerprint density at radius 3 is 2.53 bits per heavy atom. The van der Waals surface area contributed by atoms with Gasteiger partial charge in [0, 0.05) is 16.5 Å². The molecule has 0 aliphatic carbocycles. The third-order valence-electron chi connectivity index (χ3n) is 4.82. The Labute approximate surface area is 185 Å². The molecule has 0 aliphatic heterocycles. The van der Waals surface area contributed by atoms with Gasteiger partial charge in [-0.15, -0.1) is 21.5 Å². The van der Waals surface area contributed by atoms with Crippen molar-refractivity contribution in [2.45, 2.75) is 4.90 Å². The first-order valence-electron chi connectivity index (χ1n) is 9.24. The molecular weight excluding hydrogens is 452 g/mol. The predicted molar refractivity (Wildman–Crippen MR) is 117 cm³/mol. The third-order valence-corrected chi connectivity index (χ3v) is 7.48. The van der Waals surface area contributed by atoms with Gasteiger partial charge in [-0.2, -0.15) is 22.8 Å². The van der Waals surface area contributed by atoms with E-state index >= 15 is 0 Å². The number of para-hydroxylation sites is 1. The van der Waals surface area contributed by atoms with E-state index in [0.717, 1.165) is 21.0 Å². The largest absolute Gasteiger partial charge is 0.465 e. The van der Waals surface area contributed by atoms with E-state index in [1.807, 2.05) is 18.2 Å². The van der Waals surface area contributed by atoms with Crippen LogP contribution in [0.5, 0.6) is 0 Å². The van der Waals surface area contributed by atoms with E-state index in [0.29, 0.717) is 28.0 Å². The van der Waals surface area contributed by atoms with Crippen molar-refractivity contribution in [1.29, 1.82) is 0 Å². The van der Waals surface area contributed by atoms with Crippen LogP contribution < -0.4 is 0 Å². The van der Waals surface area contributed by atoms with Crippen molar-refractivity contribution in [3.63, 3.8) is 0 Å². The van der Waals surface area contributed by atoms with Crippen molar-refractivity contribution in [2.24, 2.45) is 0 Å². The number of tetrazole rings is 1. The van der Waals surface area contributed by atoms with E-state index in [4.69, 9.17) is 4.74 Å². The zero-order valence-corrected chi connectivity index (χ0v) is 18.1. The molecule has 160 valence electrons. The number of H-pyrrole nitrogens is 1. The molecule has 0 aliphatic rings. The SMILES string of the molecule is COC(=O)c1sccc1S(=O)(=O)n1nc(-c2ccc(-c3nn[nH]n3)cc2)c2ccccc21. The van der Waals surface area contributed by atoms with Crippen molar-refractivity contribution in [2.75, 3.05) is 7.11 Å². The molecule has 32 heavy (non-hydrogen) atoms. The number of rotatable bonds is 5. The number of hydrogen-bond donors (Lipinski definition) is 1. The van der Waals surface area contributed by atoms with Gasteiger partial charge < -0.3 is 4.74 Å². The molecule has 0 saturated carbocycles. The molecule has 2 aromatic carbocycles. The summed E-state index contributed by atoms with van der Waals surface area (Å²) in [6, 6.07) is 15.6. The van der Waals surface area contributed by atoms with E-state index in [9.17, 15) is 13.2 Å². The topological polar surface area (TPSA) is 133 Å². The zero-order valence-electron chi connectivity index (χ0n) is 16.5. The number of thiophene rings is 1. The Hall–Kier alpha value is -3.90. The van der Waals surface area contributed by atoms with Crippen molar-refractivity contribution in [3.8, 4) is 22.6 Å². The van der Waals surface area contributed by atoms with Gasteiger partial charge in [0.2, 0.25) is 5.82 Å². The summed E-state index contributed by atoms with van der Waals surface area (Å²) < 4.78 is 32.6. The van der Waals surface area contributed by atoms with Crippen LogP contribution in [0, 0.1) is 0 Å². The number of benzene rings is 2. The first kappa shape index (κ1) is 20.0. The zero-order chi connectivity index (χ0) is 22.3. The van der Waals surface area contributed by atoms with Gasteiger partial charge in [-0.1, -0.05) is 42.5 Å². The van der Waals surface area contributed by atoms with Gasteiger partial charge in [-0.3, -0.25) is 0 Å². The average molecular weight is 467 g/mol. The van der Waals surface area contributed by atoms with E-state index in [1.165, 1.54) is 18.6 Å². The minimum Gasteiger partial charge on any atom is -0.465 e. The summed E-state index contributed by atoms with van der Waals surface area (Å²) in [6.07, 6.45) is 0. The minimum atomic E-state index is -4.16. The monoisotopic (exact) mass is 466 g/mol. The number of ether oxygens (including phenoxy) is 1. The number of carbonyl (C=O) groups excluding carboxylic acids is 1. The second-order valence-electron chi connectivity index (χ2n) is 6.63. The quantitative estimate of drug-likeness (QED) is 0.391. The Kier molecular flexibility index (Phi) is 4.79. The summed E-state index contributed by atoms with van der Waals surface area (Å²) in [5.74, 6) is -0.269. The van der Waals surface area contributed by atoms with Gasteiger partial charge in [0.1, 0.15) is 15.5 Å². The molecule has 3 heterocycles. The lowest BCUT2D eigenvalue weighted by molar-refractivity contribution is 0.0602. The molecule has 5 rings (SSSR count). The van der Waals surface area contributed by atoms with Crippen LogP contribution >= 0.6 is 11.3 Å². The van der Waals surface area contributed by atoms with Gasteiger partial charge in [0.05, 0.1) is 12.6 Å². The van der Waals surface area contributed by atoms with Gasteiger partial charge in [0.25, 0.3) is 10.0 Å². The first-order valence-corrected chi connectivity index (χ1v) is 11.6. The maximum Gasteiger partial charge on any atom is 0.349 e. The van der Waals surface area contributed by atoms with E-state index < -0.39 is 16.0 Å². The molecule has 1 N–H and O–H groups in total. The first-order chi connectivity index (χ1) is 15.5. The Balaban J connectivity index is 1.66. The lowest BCUT2D eigenvalue weighted by Crippen LogP contribution is -2.17. The minimum absolute atomic E-state index is 0.00176. The molecular formula is C20H14N6O4S2. The lowest BCUT2D eigenvalue weighted by Gasteiger charge is -2.06. The molecule has 0 radical (unpaired) electrons. The number of carbonyl (C=O) groups is 1. The molecule has 0 unspecified atom stereocenters. The molecule has 0 atom stereocenters. The summed E-state index contributed by atoms with van der Waals surface area (Å²) in [4.78, 5) is 11.9. The highest BCUT2D eigenvalue weighted by atomic mass is 32.2. The van der Waals surface area contributed by atoms with Crippen molar-refractivity contribution in [3.05, 3.63) is 64.9 Å². The molecule has 0 bridgehead atoms. The average Bonchev–Trinajstić information content (AvgIpc) is 3.58. The van der Waals surface area contributed by atoms with Crippen LogP contribution in [0.25, 0.3) is 33.5 Å².